The standard InChI is InChI=1S/C13H15ClN2O5/c1-3-7(2)11(13(18)19)15-12(17)8-4-9(14)6-10(5-8)16(20)21/h4-7,11H,3H2,1-2H3,(H,15,17)(H,18,19)/t7?,11-/m0/s1. The summed E-state index contributed by atoms with van der Waals surface area (Å²) in [7, 11) is 0. The molecule has 2 N–H and O–H groups in total. The van der Waals surface area contributed by atoms with Gasteiger partial charge < -0.3 is 10.4 Å². The number of nitro groups is 1. The monoisotopic (exact) mass is 314 g/mol. The van der Waals surface area contributed by atoms with Crippen LogP contribution in [0.4, 0.5) is 5.69 Å². The van der Waals surface area contributed by atoms with E-state index in [2.05, 4.69) is 5.32 Å². The van der Waals surface area contributed by atoms with Crippen molar-refractivity contribution in [2.24, 2.45) is 5.92 Å². The molecule has 1 amide bonds. The summed E-state index contributed by atoms with van der Waals surface area (Å²) in [4.78, 5) is 33.3. The van der Waals surface area contributed by atoms with Crippen LogP contribution in [-0.2, 0) is 4.79 Å². The zero-order valence-electron chi connectivity index (χ0n) is 11.5. The predicted molar refractivity (Wildman–Crippen MR) is 76.5 cm³/mol. The van der Waals surface area contributed by atoms with Gasteiger partial charge in [-0.1, -0.05) is 31.9 Å². The number of nitrogens with zero attached hydrogens (tertiary/aromatic N) is 1. The number of carbonyl (C=O) groups excluding carboxylic acids is 1. The highest BCUT2D eigenvalue weighted by Crippen LogP contribution is 2.21. The number of carboxylic acid groups (broad SMARTS) is 1. The maximum atomic E-state index is 12.1. The molecule has 0 saturated heterocycles. The van der Waals surface area contributed by atoms with Gasteiger partial charge >= 0.3 is 5.97 Å². The smallest absolute Gasteiger partial charge is 0.326 e. The quantitative estimate of drug-likeness (QED) is 0.619. The lowest BCUT2D eigenvalue weighted by molar-refractivity contribution is -0.384. The second-order valence-electron chi connectivity index (χ2n) is 4.63. The first-order valence-corrected chi connectivity index (χ1v) is 6.62. The number of benzene rings is 1. The first-order valence-electron chi connectivity index (χ1n) is 6.25. The summed E-state index contributed by atoms with van der Waals surface area (Å²) in [6, 6.07) is 2.35. The van der Waals surface area contributed by atoms with Crippen LogP contribution in [0.5, 0.6) is 0 Å². The minimum Gasteiger partial charge on any atom is -0.480 e. The Kier molecular flexibility index (Phi) is 5.66. The van der Waals surface area contributed by atoms with Gasteiger partial charge in [-0.3, -0.25) is 14.9 Å². The highest BCUT2D eigenvalue weighted by Gasteiger charge is 2.26. The molecule has 1 aromatic carbocycles. The van der Waals surface area contributed by atoms with Gasteiger partial charge in [0.2, 0.25) is 0 Å². The van der Waals surface area contributed by atoms with Crippen molar-refractivity contribution in [2.75, 3.05) is 0 Å². The third kappa shape index (κ3) is 4.42. The molecule has 8 heteroatoms. The van der Waals surface area contributed by atoms with E-state index in [1.54, 1.807) is 13.8 Å². The van der Waals surface area contributed by atoms with Gasteiger partial charge in [0, 0.05) is 22.7 Å². The van der Waals surface area contributed by atoms with Gasteiger partial charge in [0.15, 0.2) is 0 Å². The second kappa shape index (κ2) is 7.03. The van der Waals surface area contributed by atoms with Crippen LogP contribution < -0.4 is 5.32 Å². The lowest BCUT2D eigenvalue weighted by Crippen LogP contribution is -2.45. The fourth-order valence-corrected chi connectivity index (χ4v) is 1.95. The molecular formula is C13H15ClN2O5. The first-order chi connectivity index (χ1) is 9.76. The Labute approximate surface area is 126 Å². The molecule has 2 atom stereocenters. The summed E-state index contributed by atoms with van der Waals surface area (Å²) in [6.07, 6.45) is 0.562. The summed E-state index contributed by atoms with van der Waals surface area (Å²) in [5.74, 6) is -2.15. The molecule has 0 aliphatic rings. The highest BCUT2D eigenvalue weighted by molar-refractivity contribution is 6.31. The molecule has 0 heterocycles. The lowest BCUT2D eigenvalue weighted by Gasteiger charge is -2.20. The molecule has 1 unspecified atom stereocenters. The Bertz CT molecular complexity index is 576. The van der Waals surface area contributed by atoms with Crippen molar-refractivity contribution in [1.29, 1.82) is 0 Å². The van der Waals surface area contributed by atoms with Gasteiger partial charge in [0.25, 0.3) is 11.6 Å². The minimum absolute atomic E-state index is 0.0322. The average molecular weight is 315 g/mol. The molecule has 21 heavy (non-hydrogen) atoms. The van der Waals surface area contributed by atoms with Crippen molar-refractivity contribution in [3.05, 3.63) is 38.9 Å². The second-order valence-corrected chi connectivity index (χ2v) is 5.07. The minimum atomic E-state index is -1.16. The maximum Gasteiger partial charge on any atom is 0.326 e. The number of hydrogen-bond donors (Lipinski definition) is 2. The largest absolute Gasteiger partial charge is 0.480 e. The summed E-state index contributed by atoms with van der Waals surface area (Å²) >= 11 is 5.73. The molecule has 0 aliphatic heterocycles. The number of halogens is 1. The average Bonchev–Trinajstić information content (AvgIpc) is 2.42. The molecule has 0 aromatic heterocycles. The molecule has 114 valence electrons. The number of aliphatic carboxylic acids is 1. The van der Waals surface area contributed by atoms with Crippen LogP contribution in [-0.4, -0.2) is 27.9 Å². The fourth-order valence-electron chi connectivity index (χ4n) is 1.72. The van der Waals surface area contributed by atoms with Gasteiger partial charge in [-0.25, -0.2) is 4.79 Å². The van der Waals surface area contributed by atoms with Crippen molar-refractivity contribution in [3.8, 4) is 0 Å². The molecule has 0 saturated carbocycles. The molecule has 7 nitrogen and oxygen atoms in total. The molecule has 0 spiro atoms. The van der Waals surface area contributed by atoms with Gasteiger partial charge in [0.05, 0.1) is 4.92 Å². The van der Waals surface area contributed by atoms with Gasteiger partial charge in [-0.05, 0) is 12.0 Å². The van der Waals surface area contributed by atoms with E-state index in [-0.39, 0.29) is 22.2 Å². The van der Waals surface area contributed by atoms with Crippen LogP contribution in [0.15, 0.2) is 18.2 Å². The van der Waals surface area contributed by atoms with Crippen LogP contribution in [0.25, 0.3) is 0 Å². The summed E-state index contributed by atoms with van der Waals surface area (Å²) in [5, 5.41) is 22.2. The Morgan fingerprint density at radius 2 is 2.05 bits per heavy atom. The Hall–Kier alpha value is -2.15. The van der Waals surface area contributed by atoms with Crippen molar-refractivity contribution in [3.63, 3.8) is 0 Å². The fraction of sp³-hybridized carbons (Fsp3) is 0.385. The van der Waals surface area contributed by atoms with Crippen molar-refractivity contribution in [1.82, 2.24) is 5.32 Å². The molecule has 0 fully saturated rings. The number of rotatable bonds is 6. The predicted octanol–water partition coefficient (Wildman–Crippen LogP) is 2.48. The summed E-state index contributed by atoms with van der Waals surface area (Å²) in [5.41, 5.74) is -0.383. The van der Waals surface area contributed by atoms with Crippen LogP contribution in [0.1, 0.15) is 30.6 Å². The lowest BCUT2D eigenvalue weighted by atomic mass is 9.99. The number of amides is 1. The van der Waals surface area contributed by atoms with E-state index in [9.17, 15) is 19.7 Å². The Morgan fingerprint density at radius 1 is 1.43 bits per heavy atom. The van der Waals surface area contributed by atoms with Crippen LogP contribution in [0, 0.1) is 16.0 Å². The molecule has 0 radical (unpaired) electrons. The maximum absolute atomic E-state index is 12.1. The van der Waals surface area contributed by atoms with E-state index in [1.165, 1.54) is 6.07 Å². The Morgan fingerprint density at radius 3 is 2.52 bits per heavy atom. The number of carbonyl (C=O) groups is 2. The molecule has 1 aromatic rings. The number of nitrogens with one attached hydrogen (secondary N) is 1. The third-order valence-corrected chi connectivity index (χ3v) is 3.34. The van der Waals surface area contributed by atoms with E-state index < -0.39 is 22.8 Å². The SMILES string of the molecule is CCC(C)[C@H](NC(=O)c1cc(Cl)cc([N+](=O)[O-])c1)C(=O)O. The van der Waals surface area contributed by atoms with Crippen LogP contribution >= 0.6 is 11.6 Å². The van der Waals surface area contributed by atoms with Gasteiger partial charge in [0.1, 0.15) is 6.04 Å². The molecule has 1 rings (SSSR count). The van der Waals surface area contributed by atoms with Crippen molar-refractivity contribution < 1.29 is 19.6 Å². The van der Waals surface area contributed by atoms with Crippen LogP contribution in [0.3, 0.4) is 0 Å². The van der Waals surface area contributed by atoms with E-state index in [0.29, 0.717) is 6.42 Å². The number of carboxylic acids is 1. The normalized spacial score (nSPS) is 13.3. The molecular weight excluding hydrogens is 300 g/mol. The summed E-state index contributed by atoms with van der Waals surface area (Å²) < 4.78 is 0. The molecule has 0 aliphatic carbocycles. The molecule has 0 bridgehead atoms. The van der Waals surface area contributed by atoms with Crippen LogP contribution in [0.2, 0.25) is 5.02 Å². The number of nitro benzene ring substituents is 1. The van der Waals surface area contributed by atoms with Crippen molar-refractivity contribution in [2.45, 2.75) is 26.3 Å². The third-order valence-electron chi connectivity index (χ3n) is 3.12. The van der Waals surface area contributed by atoms with Gasteiger partial charge in [-0.15, -0.1) is 0 Å². The zero-order valence-corrected chi connectivity index (χ0v) is 12.3. The van der Waals surface area contributed by atoms with E-state index in [4.69, 9.17) is 16.7 Å². The van der Waals surface area contributed by atoms with Gasteiger partial charge in [-0.2, -0.15) is 0 Å². The zero-order chi connectivity index (χ0) is 16.2. The highest BCUT2D eigenvalue weighted by atomic mass is 35.5. The van der Waals surface area contributed by atoms with E-state index in [1.807, 2.05) is 0 Å². The first kappa shape index (κ1) is 16.9. The summed E-state index contributed by atoms with van der Waals surface area (Å²) in [6.45, 7) is 3.50. The van der Waals surface area contributed by atoms with Crippen molar-refractivity contribution >= 4 is 29.2 Å². The number of hydrogen-bond acceptors (Lipinski definition) is 4. The van der Waals surface area contributed by atoms with E-state index in [0.717, 1.165) is 12.1 Å². The topological polar surface area (TPSA) is 110 Å². The Balaban J connectivity index is 3.03. The van der Waals surface area contributed by atoms with E-state index >= 15 is 0 Å². The number of non-ortho nitro benzene ring substituents is 1.